The smallest absolute Gasteiger partial charge is 0.242 e. The second kappa shape index (κ2) is 14.6. The Morgan fingerprint density at radius 3 is 2.51 bits per heavy atom. The van der Waals surface area contributed by atoms with Gasteiger partial charge in [-0.3, -0.25) is 9.36 Å². The number of aromatic nitrogens is 4. The molecule has 1 atom stereocenters. The van der Waals surface area contributed by atoms with Gasteiger partial charge in [-0.15, -0.1) is 0 Å². The van der Waals surface area contributed by atoms with Crippen LogP contribution in [-0.2, 0) is 17.9 Å². The van der Waals surface area contributed by atoms with E-state index in [1.807, 2.05) is 37.0 Å². The number of imidazole rings is 1. The zero-order valence-corrected chi connectivity index (χ0v) is 26.1. The summed E-state index contributed by atoms with van der Waals surface area (Å²) in [6.07, 6.45) is 11.8. The maximum atomic E-state index is 13.6. The van der Waals surface area contributed by atoms with E-state index in [9.17, 15) is 4.79 Å². The van der Waals surface area contributed by atoms with Gasteiger partial charge in [0, 0.05) is 61.4 Å². The molecule has 4 aromatic rings. The number of hydrogen-bond acceptors (Lipinski definition) is 7. The molecule has 1 fully saturated rings. The third-order valence-electron chi connectivity index (χ3n) is 7.79. The van der Waals surface area contributed by atoms with Crippen LogP contribution in [0.3, 0.4) is 0 Å². The van der Waals surface area contributed by atoms with E-state index in [2.05, 4.69) is 50.1 Å². The van der Waals surface area contributed by atoms with Crippen LogP contribution in [0.2, 0.25) is 10.0 Å². The standard InChI is InChI=1S/C32H38Cl2N8O/c1-41(2)26-12-8-23(9-13-26)19-37-32-39-29(18-30(40-32)42-15-14-35-21-42)38-28(16-22-6-4-3-5-7-22)31(43)36-20-24-10-11-25(33)17-27(24)34/h8-15,17-18,21-22,28H,3-7,16,19-20H2,1-2H3,(H,36,43)(H2,37,38,39,40)/t28-/m1/s1. The molecule has 1 aliphatic carbocycles. The Labute approximate surface area is 263 Å². The van der Waals surface area contributed by atoms with E-state index >= 15 is 0 Å². The van der Waals surface area contributed by atoms with Crippen molar-refractivity contribution in [2.45, 2.75) is 57.7 Å². The molecule has 9 nitrogen and oxygen atoms in total. The zero-order valence-electron chi connectivity index (χ0n) is 24.6. The lowest BCUT2D eigenvalue weighted by molar-refractivity contribution is -0.122. The number of nitrogens with one attached hydrogen (secondary N) is 3. The Bertz CT molecular complexity index is 1490. The number of carbonyl (C=O) groups excluding carboxylic acids is 1. The maximum Gasteiger partial charge on any atom is 0.242 e. The number of anilines is 3. The molecule has 43 heavy (non-hydrogen) atoms. The van der Waals surface area contributed by atoms with Gasteiger partial charge in [0.2, 0.25) is 11.9 Å². The van der Waals surface area contributed by atoms with Gasteiger partial charge in [0.05, 0.1) is 0 Å². The van der Waals surface area contributed by atoms with E-state index in [1.165, 1.54) is 19.3 Å². The number of rotatable bonds is 12. The van der Waals surface area contributed by atoms with Crippen molar-refractivity contribution in [3.05, 3.63) is 88.4 Å². The molecule has 2 heterocycles. The fourth-order valence-corrected chi connectivity index (χ4v) is 5.82. The molecule has 1 saturated carbocycles. The lowest BCUT2D eigenvalue weighted by atomic mass is 9.84. The van der Waals surface area contributed by atoms with Crippen LogP contribution >= 0.6 is 23.2 Å². The third kappa shape index (κ3) is 8.61. The van der Waals surface area contributed by atoms with E-state index in [0.29, 0.717) is 53.1 Å². The van der Waals surface area contributed by atoms with Gasteiger partial charge in [-0.2, -0.15) is 9.97 Å². The molecular weight excluding hydrogens is 583 g/mol. The monoisotopic (exact) mass is 620 g/mol. The van der Waals surface area contributed by atoms with Gasteiger partial charge >= 0.3 is 0 Å². The average molecular weight is 622 g/mol. The summed E-state index contributed by atoms with van der Waals surface area (Å²) in [6.45, 7) is 0.857. The van der Waals surface area contributed by atoms with Crippen LogP contribution in [0.15, 0.2) is 67.3 Å². The van der Waals surface area contributed by atoms with Gasteiger partial charge in [0.15, 0.2) is 0 Å². The van der Waals surface area contributed by atoms with E-state index < -0.39 is 6.04 Å². The minimum atomic E-state index is -0.480. The molecule has 2 aromatic carbocycles. The summed E-state index contributed by atoms with van der Waals surface area (Å²) in [5.41, 5.74) is 3.05. The fraction of sp³-hybridized carbons (Fsp3) is 0.375. The highest BCUT2D eigenvalue weighted by atomic mass is 35.5. The predicted molar refractivity (Wildman–Crippen MR) is 174 cm³/mol. The summed E-state index contributed by atoms with van der Waals surface area (Å²) in [5, 5.41) is 11.0. The highest BCUT2D eigenvalue weighted by molar-refractivity contribution is 6.35. The topological polar surface area (TPSA) is 100 Å². The Morgan fingerprint density at radius 1 is 1.02 bits per heavy atom. The van der Waals surface area contributed by atoms with E-state index in [0.717, 1.165) is 29.7 Å². The Hall–Kier alpha value is -3.82. The highest BCUT2D eigenvalue weighted by Gasteiger charge is 2.25. The molecule has 2 aromatic heterocycles. The molecule has 1 aliphatic rings. The van der Waals surface area contributed by atoms with Crippen molar-refractivity contribution in [1.82, 2.24) is 24.8 Å². The predicted octanol–water partition coefficient (Wildman–Crippen LogP) is 6.71. The molecule has 1 amide bonds. The minimum absolute atomic E-state index is 0.102. The molecule has 11 heteroatoms. The number of carbonyl (C=O) groups is 1. The fourth-order valence-electron chi connectivity index (χ4n) is 5.34. The Kier molecular flexibility index (Phi) is 10.4. The molecule has 0 radical (unpaired) electrons. The molecule has 3 N–H and O–H groups in total. The summed E-state index contributed by atoms with van der Waals surface area (Å²) in [5.74, 6) is 2.02. The van der Waals surface area contributed by atoms with Crippen molar-refractivity contribution in [2.24, 2.45) is 5.92 Å². The van der Waals surface area contributed by atoms with Gasteiger partial charge < -0.3 is 20.9 Å². The summed E-state index contributed by atoms with van der Waals surface area (Å²) in [4.78, 5) is 29.4. The van der Waals surface area contributed by atoms with Crippen LogP contribution in [-0.4, -0.2) is 45.6 Å². The summed E-state index contributed by atoms with van der Waals surface area (Å²) in [6, 6.07) is 15.0. The normalized spacial score (nSPS) is 14.2. The van der Waals surface area contributed by atoms with Gasteiger partial charge in [0.1, 0.15) is 24.0 Å². The molecule has 0 bridgehead atoms. The van der Waals surface area contributed by atoms with Crippen LogP contribution in [0.1, 0.15) is 49.7 Å². The highest BCUT2D eigenvalue weighted by Crippen LogP contribution is 2.29. The number of amides is 1. The summed E-state index contributed by atoms with van der Waals surface area (Å²) in [7, 11) is 4.04. The van der Waals surface area contributed by atoms with Crippen molar-refractivity contribution in [3.63, 3.8) is 0 Å². The van der Waals surface area contributed by atoms with Crippen molar-refractivity contribution in [3.8, 4) is 5.82 Å². The Morgan fingerprint density at radius 2 is 1.81 bits per heavy atom. The molecule has 0 unspecified atom stereocenters. The SMILES string of the molecule is CN(C)c1ccc(CNc2nc(N[C@H](CC3CCCCC3)C(=O)NCc3ccc(Cl)cc3Cl)cc(-n3ccnc3)n2)cc1. The van der Waals surface area contributed by atoms with Crippen molar-refractivity contribution in [2.75, 3.05) is 29.6 Å². The van der Waals surface area contributed by atoms with E-state index in [-0.39, 0.29) is 5.91 Å². The van der Waals surface area contributed by atoms with Gasteiger partial charge in [-0.1, -0.05) is 73.5 Å². The van der Waals surface area contributed by atoms with E-state index in [1.54, 1.807) is 24.7 Å². The quantitative estimate of drug-likeness (QED) is 0.162. The number of benzene rings is 2. The second-order valence-corrected chi connectivity index (χ2v) is 12.1. The summed E-state index contributed by atoms with van der Waals surface area (Å²) >= 11 is 12.4. The maximum absolute atomic E-state index is 13.6. The van der Waals surface area contributed by atoms with E-state index in [4.69, 9.17) is 33.2 Å². The molecule has 226 valence electrons. The lowest BCUT2D eigenvalue weighted by Gasteiger charge is -2.27. The molecule has 0 saturated heterocycles. The largest absolute Gasteiger partial charge is 0.378 e. The molecule has 0 spiro atoms. The second-order valence-electron chi connectivity index (χ2n) is 11.2. The van der Waals surface area contributed by atoms with Crippen molar-refractivity contribution in [1.29, 1.82) is 0 Å². The molecular formula is C32H38Cl2N8O. The van der Waals surface area contributed by atoms with Gasteiger partial charge in [-0.25, -0.2) is 4.98 Å². The van der Waals surface area contributed by atoms with Crippen LogP contribution in [0.25, 0.3) is 5.82 Å². The average Bonchev–Trinajstić information content (AvgIpc) is 3.55. The van der Waals surface area contributed by atoms with Crippen LogP contribution in [0.4, 0.5) is 17.5 Å². The number of nitrogens with zero attached hydrogens (tertiary/aromatic N) is 5. The first kappa shape index (κ1) is 30.6. The Balaban J connectivity index is 1.36. The number of hydrogen-bond donors (Lipinski definition) is 3. The first-order chi connectivity index (χ1) is 20.8. The van der Waals surface area contributed by atoms with Gasteiger partial charge in [-0.05, 0) is 47.7 Å². The first-order valence-electron chi connectivity index (χ1n) is 14.7. The third-order valence-corrected chi connectivity index (χ3v) is 8.37. The van der Waals surface area contributed by atoms with Crippen molar-refractivity contribution < 1.29 is 4.79 Å². The van der Waals surface area contributed by atoms with Crippen LogP contribution in [0, 0.1) is 5.92 Å². The zero-order chi connectivity index (χ0) is 30.2. The van der Waals surface area contributed by atoms with Crippen LogP contribution < -0.4 is 20.9 Å². The van der Waals surface area contributed by atoms with Gasteiger partial charge in [0.25, 0.3) is 0 Å². The summed E-state index contributed by atoms with van der Waals surface area (Å²) < 4.78 is 1.82. The molecule has 5 rings (SSSR count). The van der Waals surface area contributed by atoms with Crippen molar-refractivity contribution >= 4 is 46.6 Å². The first-order valence-corrected chi connectivity index (χ1v) is 15.5. The minimum Gasteiger partial charge on any atom is -0.378 e. The lowest BCUT2D eigenvalue weighted by Crippen LogP contribution is -2.41. The molecule has 0 aliphatic heterocycles. The number of halogens is 2. The van der Waals surface area contributed by atoms with Crippen LogP contribution in [0.5, 0.6) is 0 Å².